The molecular weight excluding hydrogens is 1020 g/mol. The van der Waals surface area contributed by atoms with Gasteiger partial charge in [-0.15, -0.1) is 0 Å². The third-order valence-corrected chi connectivity index (χ3v) is 18.0. The molecule has 4 nitrogen and oxygen atoms in total. The summed E-state index contributed by atoms with van der Waals surface area (Å²) in [7, 11) is 0. The van der Waals surface area contributed by atoms with E-state index in [0.717, 1.165) is 112 Å². The predicted molar refractivity (Wildman–Crippen MR) is 356 cm³/mol. The minimum absolute atomic E-state index is 0.140. The molecule has 0 radical (unpaired) electrons. The Labute approximate surface area is 496 Å². The lowest BCUT2D eigenvalue weighted by molar-refractivity contribution is 0.466. The fourth-order valence-electron chi connectivity index (χ4n) is 13.7. The minimum atomic E-state index is -0.293. The SMILES string of the molecule is CC(C)(C)c1cc(-c2ccccc2)c(N2c3ccccc3B3c4cc5c6c(c4N(c4c(-c7ccccc7)cc(C(C)(C)C)cc4-c4ccccc4)c4cc(C(C)(C)C)cc2c43)Oc2ccccc2B6c2ccccc2O5)c(-c2ccccc2)c1. The highest BCUT2D eigenvalue weighted by Crippen LogP contribution is 2.57. The Morgan fingerprint density at radius 2 is 0.643 bits per heavy atom. The van der Waals surface area contributed by atoms with Crippen molar-refractivity contribution in [1.82, 2.24) is 0 Å². The summed E-state index contributed by atoms with van der Waals surface area (Å²) in [5.41, 5.74) is 25.9. The Hall–Kier alpha value is -9.25. The van der Waals surface area contributed by atoms with Crippen LogP contribution in [0, 0.1) is 0 Å². The van der Waals surface area contributed by atoms with Crippen molar-refractivity contribution in [3.8, 4) is 67.5 Å². The Morgan fingerprint density at radius 1 is 0.286 bits per heavy atom. The molecule has 0 amide bonds. The molecule has 4 aliphatic rings. The molecule has 0 aliphatic carbocycles. The normalized spacial score (nSPS) is 13.6. The Kier molecular flexibility index (Phi) is 11.8. The van der Waals surface area contributed by atoms with Gasteiger partial charge in [0.1, 0.15) is 23.0 Å². The van der Waals surface area contributed by atoms with Crippen molar-refractivity contribution in [2.45, 2.75) is 78.6 Å². The first-order valence-corrected chi connectivity index (χ1v) is 29.8. The summed E-state index contributed by atoms with van der Waals surface area (Å²) >= 11 is 0. The summed E-state index contributed by atoms with van der Waals surface area (Å²) in [6.45, 7) is 20.7. The van der Waals surface area contributed by atoms with Gasteiger partial charge in [0.15, 0.2) is 0 Å². The predicted octanol–water partition coefficient (Wildman–Crippen LogP) is 17.1. The van der Waals surface area contributed by atoms with Gasteiger partial charge in [-0.2, -0.15) is 0 Å². The second kappa shape index (κ2) is 19.2. The quantitative estimate of drug-likeness (QED) is 0.155. The minimum Gasteiger partial charge on any atom is -0.458 e. The number of benzene rings is 11. The molecule has 0 aromatic heterocycles. The molecule has 0 saturated heterocycles. The molecule has 4 heterocycles. The van der Waals surface area contributed by atoms with Crippen molar-refractivity contribution in [2.75, 3.05) is 9.80 Å². The van der Waals surface area contributed by atoms with Gasteiger partial charge in [-0.05, 0) is 143 Å². The van der Waals surface area contributed by atoms with Gasteiger partial charge in [0, 0.05) is 44.8 Å². The summed E-state index contributed by atoms with van der Waals surface area (Å²) in [6.07, 6.45) is 0. The molecule has 0 saturated carbocycles. The van der Waals surface area contributed by atoms with Crippen LogP contribution in [0.5, 0.6) is 23.0 Å². The smallest absolute Gasteiger partial charge is 0.260 e. The molecule has 84 heavy (non-hydrogen) atoms. The van der Waals surface area contributed by atoms with Crippen LogP contribution >= 0.6 is 0 Å². The van der Waals surface area contributed by atoms with Crippen molar-refractivity contribution < 1.29 is 9.47 Å². The second-order valence-electron chi connectivity index (χ2n) is 26.4. The highest BCUT2D eigenvalue weighted by Gasteiger charge is 2.51. The zero-order chi connectivity index (χ0) is 57.4. The first kappa shape index (κ1) is 51.6. The highest BCUT2D eigenvalue weighted by atomic mass is 16.5. The molecule has 11 aromatic rings. The number of hydrogen-bond donors (Lipinski definition) is 0. The third kappa shape index (κ3) is 8.20. The fourth-order valence-corrected chi connectivity index (χ4v) is 13.7. The van der Waals surface area contributed by atoms with Crippen molar-refractivity contribution in [2.24, 2.45) is 0 Å². The van der Waals surface area contributed by atoms with Gasteiger partial charge in [-0.1, -0.05) is 238 Å². The standard InChI is InChI=1S/C78H66B2N2O2/c1-76(2,3)53-42-56(49-28-14-10-15-29-49)72(57(43-53)50-30-16-11-17-31-50)81-64-39-25-22-36-60(64)79-63-48-69-71-75(84-68-41-27-24-38-62(68)80(71)61-37-23-26-40-67(61)83-69)74(63)82(66-47-55(78(7,8)9)46-65(81)70(66)79)73-58(51-32-18-12-19-33-51)44-54(77(4,5)6)45-59(73)52-34-20-13-21-35-52/h10-48H,1-9H3. The number of hydrogen-bond acceptors (Lipinski definition) is 4. The topological polar surface area (TPSA) is 24.9 Å². The van der Waals surface area contributed by atoms with Crippen LogP contribution in [0.1, 0.15) is 79.0 Å². The lowest BCUT2D eigenvalue weighted by Crippen LogP contribution is -2.63. The number of ether oxygens (including phenoxy) is 2. The van der Waals surface area contributed by atoms with Gasteiger partial charge < -0.3 is 19.3 Å². The van der Waals surface area contributed by atoms with Gasteiger partial charge in [0.2, 0.25) is 0 Å². The zero-order valence-electron chi connectivity index (χ0n) is 49.4. The molecule has 11 aromatic carbocycles. The molecule has 0 bridgehead atoms. The van der Waals surface area contributed by atoms with Gasteiger partial charge >= 0.3 is 0 Å². The largest absolute Gasteiger partial charge is 0.458 e. The second-order valence-corrected chi connectivity index (χ2v) is 26.4. The van der Waals surface area contributed by atoms with Crippen LogP contribution in [-0.4, -0.2) is 13.4 Å². The molecule has 0 unspecified atom stereocenters. The maximum absolute atomic E-state index is 7.73. The molecule has 6 heteroatoms. The first-order chi connectivity index (χ1) is 40.6. The maximum atomic E-state index is 7.73. The molecule has 15 rings (SSSR count). The zero-order valence-corrected chi connectivity index (χ0v) is 49.4. The van der Waals surface area contributed by atoms with Crippen LogP contribution in [-0.2, 0) is 16.2 Å². The van der Waals surface area contributed by atoms with E-state index in [4.69, 9.17) is 9.47 Å². The summed E-state index contributed by atoms with van der Waals surface area (Å²) in [5, 5.41) is 0. The van der Waals surface area contributed by atoms with E-state index in [1.54, 1.807) is 0 Å². The molecule has 4 aliphatic heterocycles. The lowest BCUT2D eigenvalue weighted by Gasteiger charge is -2.48. The molecule has 0 fully saturated rings. The van der Waals surface area contributed by atoms with Crippen molar-refractivity contribution in [3.05, 3.63) is 253 Å². The van der Waals surface area contributed by atoms with Crippen LogP contribution in [0.2, 0.25) is 0 Å². The average Bonchev–Trinajstić information content (AvgIpc) is 1.01. The highest BCUT2D eigenvalue weighted by molar-refractivity contribution is 7.02. The van der Waals surface area contributed by atoms with E-state index in [0.29, 0.717) is 0 Å². The van der Waals surface area contributed by atoms with Gasteiger partial charge in [0.05, 0.1) is 17.1 Å². The Morgan fingerprint density at radius 3 is 1.10 bits per heavy atom. The summed E-state index contributed by atoms with van der Waals surface area (Å²) in [4.78, 5) is 5.31. The number of fused-ring (bicyclic) bond motifs is 9. The average molecular weight is 1090 g/mol. The van der Waals surface area contributed by atoms with Crippen LogP contribution in [0.3, 0.4) is 0 Å². The molecule has 0 spiro atoms. The van der Waals surface area contributed by atoms with Crippen molar-refractivity contribution in [1.29, 1.82) is 0 Å². The van der Waals surface area contributed by atoms with Crippen molar-refractivity contribution >= 4 is 80.3 Å². The number of anilines is 6. The first-order valence-electron chi connectivity index (χ1n) is 29.8. The number of nitrogens with zero attached hydrogens (tertiary/aromatic N) is 2. The third-order valence-electron chi connectivity index (χ3n) is 18.0. The fraction of sp³-hybridized carbons (Fsp3) is 0.154. The van der Waals surface area contributed by atoms with E-state index in [1.165, 1.54) is 38.7 Å². The van der Waals surface area contributed by atoms with Gasteiger partial charge in [0.25, 0.3) is 13.4 Å². The van der Waals surface area contributed by atoms with Crippen molar-refractivity contribution in [3.63, 3.8) is 0 Å². The summed E-state index contributed by atoms with van der Waals surface area (Å²) in [5.74, 6) is 3.37. The van der Waals surface area contributed by atoms with Crippen LogP contribution < -0.4 is 52.1 Å². The lowest BCUT2D eigenvalue weighted by atomic mass is 9.31. The van der Waals surface area contributed by atoms with Crippen LogP contribution in [0.15, 0.2) is 237 Å². The molecule has 406 valence electrons. The van der Waals surface area contributed by atoms with E-state index in [9.17, 15) is 0 Å². The molecular formula is C78H66B2N2O2. The van der Waals surface area contributed by atoms with E-state index < -0.39 is 0 Å². The summed E-state index contributed by atoms with van der Waals surface area (Å²) < 4.78 is 15.0. The number of para-hydroxylation sites is 3. The monoisotopic (exact) mass is 1080 g/mol. The number of rotatable bonds is 6. The Balaban J connectivity index is 1.15. The van der Waals surface area contributed by atoms with Crippen LogP contribution in [0.25, 0.3) is 44.5 Å². The molecule has 0 N–H and O–H groups in total. The van der Waals surface area contributed by atoms with E-state index in [2.05, 4.69) is 309 Å². The van der Waals surface area contributed by atoms with E-state index in [-0.39, 0.29) is 29.7 Å². The van der Waals surface area contributed by atoms with E-state index >= 15 is 0 Å². The molecule has 0 atom stereocenters. The maximum Gasteiger partial charge on any atom is 0.260 e. The van der Waals surface area contributed by atoms with Gasteiger partial charge in [-0.25, -0.2) is 0 Å². The van der Waals surface area contributed by atoms with E-state index in [1.807, 2.05) is 0 Å². The Bertz CT molecular complexity index is 4310. The summed E-state index contributed by atoms with van der Waals surface area (Å²) in [6, 6.07) is 88.1. The van der Waals surface area contributed by atoms with Gasteiger partial charge in [-0.3, -0.25) is 0 Å². The van der Waals surface area contributed by atoms with Crippen LogP contribution in [0.4, 0.5) is 34.1 Å².